The zero-order chi connectivity index (χ0) is 31.7. The molecule has 0 atom stereocenters. The largest absolute Gasteiger partial charge is 0.748 e. The predicted octanol–water partition coefficient (Wildman–Crippen LogP) is 3.26. The summed E-state index contributed by atoms with van der Waals surface area (Å²) in [6.45, 7) is 5.95. The highest BCUT2D eigenvalue weighted by Gasteiger charge is 2.25. The van der Waals surface area contributed by atoms with E-state index in [4.69, 9.17) is 0 Å². The molecule has 250 valence electrons. The number of para-hydroxylation sites is 2. The number of hydrogen-bond donors (Lipinski definition) is 0. The van der Waals surface area contributed by atoms with Crippen LogP contribution in [0.2, 0.25) is 0 Å². The van der Waals surface area contributed by atoms with Gasteiger partial charge in [-0.05, 0) is 50.1 Å². The first-order valence-corrected chi connectivity index (χ1v) is 18.9. The fourth-order valence-electron chi connectivity index (χ4n) is 4.66. The number of nitrogens with zero attached hydrogens (tertiary/aromatic N) is 3. The maximum atomic E-state index is 11.1. The summed E-state index contributed by atoms with van der Waals surface area (Å²) in [7, 11) is -8.56. The molecule has 2 aromatic carbocycles. The van der Waals surface area contributed by atoms with Gasteiger partial charge in [0.1, 0.15) is 11.2 Å². The number of anilines is 1. The van der Waals surface area contributed by atoms with E-state index in [-0.39, 0.29) is 23.8 Å². The van der Waals surface area contributed by atoms with Crippen molar-refractivity contribution in [3.05, 3.63) is 101 Å². The van der Waals surface area contributed by atoms with E-state index in [1.807, 2.05) is 95.3 Å². The van der Waals surface area contributed by atoms with Crippen molar-refractivity contribution in [3.8, 4) is 0 Å². The fourth-order valence-corrected chi connectivity index (χ4v) is 8.02. The SMILES string of the molecule is CC(=C\c1sc2ccccc2[n+]1CCCS(=O)(=O)[O-])/C=C1/Sc2ccccc2N1CCCS(=O)(=O)[O-].CC[n+]1ccccc1.O.O. The number of allylic oxidation sites excluding steroid dienone is 2. The van der Waals surface area contributed by atoms with Crippen molar-refractivity contribution >= 4 is 65.3 Å². The van der Waals surface area contributed by atoms with Crippen LogP contribution in [0, 0.1) is 0 Å². The minimum Gasteiger partial charge on any atom is -0.748 e. The summed E-state index contributed by atoms with van der Waals surface area (Å²) >= 11 is 3.16. The van der Waals surface area contributed by atoms with Gasteiger partial charge in [0.05, 0.1) is 31.0 Å². The number of aromatic nitrogens is 2. The first-order chi connectivity index (χ1) is 20.9. The number of rotatable bonds is 11. The van der Waals surface area contributed by atoms with Gasteiger partial charge in [0.15, 0.2) is 18.9 Å². The van der Waals surface area contributed by atoms with Crippen molar-refractivity contribution in [1.82, 2.24) is 0 Å². The molecule has 4 N–H and O–H groups in total. The van der Waals surface area contributed by atoms with E-state index in [0.29, 0.717) is 13.1 Å². The van der Waals surface area contributed by atoms with E-state index in [9.17, 15) is 25.9 Å². The molecule has 1 aliphatic heterocycles. The lowest BCUT2D eigenvalue weighted by molar-refractivity contribution is -0.693. The highest BCUT2D eigenvalue weighted by molar-refractivity contribution is 8.03. The molecule has 11 nitrogen and oxygen atoms in total. The fraction of sp³-hybridized carbons (Fsp3) is 0.290. The second-order valence-electron chi connectivity index (χ2n) is 10.1. The van der Waals surface area contributed by atoms with Crippen molar-refractivity contribution in [2.75, 3.05) is 23.0 Å². The molecule has 0 spiro atoms. The summed E-state index contributed by atoms with van der Waals surface area (Å²) in [5.41, 5.74) is 2.89. The van der Waals surface area contributed by atoms with Crippen LogP contribution in [0.1, 0.15) is 31.7 Å². The van der Waals surface area contributed by atoms with Gasteiger partial charge in [-0.2, -0.15) is 4.57 Å². The van der Waals surface area contributed by atoms with Crippen molar-refractivity contribution in [2.24, 2.45) is 0 Å². The Labute approximate surface area is 278 Å². The number of thioether (sulfide) groups is 1. The molecular formula is C31H39N3O8S4. The quantitative estimate of drug-likeness (QED) is 0.168. The average Bonchev–Trinajstić information content (AvgIpc) is 3.49. The predicted molar refractivity (Wildman–Crippen MR) is 181 cm³/mol. The molecule has 0 unspecified atom stereocenters. The average molecular weight is 710 g/mol. The van der Waals surface area contributed by atoms with Gasteiger partial charge in [-0.1, -0.05) is 53.4 Å². The van der Waals surface area contributed by atoms with Crippen LogP contribution in [0.3, 0.4) is 0 Å². The Morgan fingerprint density at radius 3 is 2.15 bits per heavy atom. The second kappa shape index (κ2) is 17.7. The van der Waals surface area contributed by atoms with Gasteiger partial charge >= 0.3 is 0 Å². The topological polar surface area (TPSA) is 188 Å². The molecule has 0 fully saturated rings. The summed E-state index contributed by atoms with van der Waals surface area (Å²) in [6, 6.07) is 21.8. The Balaban J connectivity index is 0.000000644. The molecule has 4 aromatic rings. The van der Waals surface area contributed by atoms with Crippen molar-refractivity contribution in [2.45, 2.75) is 44.7 Å². The summed E-state index contributed by atoms with van der Waals surface area (Å²) in [5, 5.41) is 1.86. The van der Waals surface area contributed by atoms with Crippen LogP contribution in [0.25, 0.3) is 16.3 Å². The van der Waals surface area contributed by atoms with Crippen molar-refractivity contribution in [1.29, 1.82) is 0 Å². The van der Waals surface area contributed by atoms with Gasteiger partial charge in [-0.15, -0.1) is 0 Å². The van der Waals surface area contributed by atoms with E-state index in [1.54, 1.807) is 23.1 Å². The zero-order valence-corrected chi connectivity index (χ0v) is 28.8. The Morgan fingerprint density at radius 2 is 1.50 bits per heavy atom. The van der Waals surface area contributed by atoms with Gasteiger partial charge in [0.25, 0.3) is 5.01 Å². The molecule has 0 bridgehead atoms. The maximum absolute atomic E-state index is 11.1. The molecule has 0 aliphatic carbocycles. The summed E-state index contributed by atoms with van der Waals surface area (Å²) in [6.07, 6.45) is 8.60. The van der Waals surface area contributed by atoms with E-state index in [0.717, 1.165) is 43.0 Å². The lowest BCUT2D eigenvalue weighted by Gasteiger charge is -2.21. The molecular weight excluding hydrogens is 671 g/mol. The normalized spacial score (nSPS) is 13.9. The maximum Gasteiger partial charge on any atom is 0.263 e. The minimum atomic E-state index is -4.28. The smallest absolute Gasteiger partial charge is 0.263 e. The Hall–Kier alpha value is -3.15. The Bertz CT molecular complexity index is 1860. The van der Waals surface area contributed by atoms with Gasteiger partial charge in [0.2, 0.25) is 5.52 Å². The summed E-state index contributed by atoms with van der Waals surface area (Å²) in [4.78, 5) is 3.08. The lowest BCUT2D eigenvalue weighted by Crippen LogP contribution is -2.36. The highest BCUT2D eigenvalue weighted by Crippen LogP contribution is 2.46. The zero-order valence-electron chi connectivity index (χ0n) is 25.5. The summed E-state index contributed by atoms with van der Waals surface area (Å²) in [5.74, 6) is -0.835. The Kier molecular flexibility index (Phi) is 15.0. The van der Waals surface area contributed by atoms with Crippen LogP contribution in [-0.4, -0.2) is 54.9 Å². The molecule has 2 aromatic heterocycles. The number of thiazole rings is 1. The number of pyridine rings is 1. The second-order valence-corrected chi connectivity index (χ2v) is 15.3. The van der Waals surface area contributed by atoms with E-state index in [2.05, 4.69) is 23.9 Å². The third-order valence-corrected chi connectivity index (χ3v) is 10.5. The summed E-state index contributed by atoms with van der Waals surface area (Å²) < 4.78 is 71.8. The third-order valence-electron chi connectivity index (χ3n) is 6.67. The van der Waals surface area contributed by atoms with Crippen molar-refractivity contribution < 1.29 is 46.0 Å². The van der Waals surface area contributed by atoms with Gasteiger partial charge in [-0.3, -0.25) is 0 Å². The van der Waals surface area contributed by atoms with E-state index in [1.165, 1.54) is 0 Å². The van der Waals surface area contributed by atoms with Crippen LogP contribution in [0.15, 0.2) is 101 Å². The molecule has 0 amide bonds. The van der Waals surface area contributed by atoms with Gasteiger partial charge in [-0.25, -0.2) is 21.4 Å². The lowest BCUT2D eigenvalue weighted by atomic mass is 10.2. The van der Waals surface area contributed by atoms with Gasteiger partial charge in [0, 0.05) is 53.6 Å². The Morgan fingerprint density at radius 1 is 0.870 bits per heavy atom. The molecule has 1 aliphatic rings. The first kappa shape index (κ1) is 39.0. The van der Waals surface area contributed by atoms with Crippen LogP contribution < -0.4 is 14.0 Å². The first-order valence-electron chi connectivity index (χ1n) is 14.1. The van der Waals surface area contributed by atoms with Crippen LogP contribution >= 0.6 is 23.1 Å². The molecule has 46 heavy (non-hydrogen) atoms. The molecule has 5 rings (SSSR count). The minimum absolute atomic E-state index is 0. The van der Waals surface area contributed by atoms with E-state index < -0.39 is 31.7 Å². The molecule has 0 saturated carbocycles. The molecule has 15 heteroatoms. The third kappa shape index (κ3) is 11.6. The highest BCUT2D eigenvalue weighted by atomic mass is 32.2. The van der Waals surface area contributed by atoms with Crippen molar-refractivity contribution in [3.63, 3.8) is 0 Å². The van der Waals surface area contributed by atoms with E-state index >= 15 is 0 Å². The number of fused-ring (bicyclic) bond motifs is 2. The molecule has 0 radical (unpaired) electrons. The van der Waals surface area contributed by atoms with Gasteiger partial charge < -0.3 is 25.0 Å². The molecule has 0 saturated heterocycles. The van der Waals surface area contributed by atoms with Crippen LogP contribution in [0.5, 0.6) is 0 Å². The van der Waals surface area contributed by atoms with Crippen LogP contribution in [0.4, 0.5) is 5.69 Å². The monoisotopic (exact) mass is 709 g/mol. The number of hydrogen-bond acceptors (Lipinski definition) is 9. The molecule has 3 heterocycles. The number of benzene rings is 2. The van der Waals surface area contributed by atoms with Crippen LogP contribution in [-0.2, 0) is 33.3 Å². The standard InChI is InChI=1S/C24H26N2O6S4.C7H10N.2H2O/c1-18(16-23-25(12-6-14-35(27,28)29)19-8-2-4-10-21(19)33-23)17-24-26(13-7-15-36(30,31)32)20-9-3-5-11-22(20)34-24;1-2-8-6-4-3-5-7-8;;/h2-5,8-11,16-17H,6-7,12-15H2,1H3,(H-,27,28,29,30,31,32);3-7H,2H2,1H3;2*1H2/q;+1;;/p-1. The number of aryl methyl sites for hydroxylation is 2.